The van der Waals surface area contributed by atoms with Crippen LogP contribution in [0, 0.1) is 5.41 Å². The summed E-state index contributed by atoms with van der Waals surface area (Å²) in [4.78, 5) is 0. The maximum absolute atomic E-state index is 12.2. The zero-order chi connectivity index (χ0) is 15.0. The lowest BCUT2D eigenvalue weighted by molar-refractivity contribution is -0.274. The third kappa shape index (κ3) is 3.68. The molecule has 0 saturated heterocycles. The summed E-state index contributed by atoms with van der Waals surface area (Å²) in [6.07, 6.45) is -0.129. The van der Waals surface area contributed by atoms with Crippen molar-refractivity contribution in [1.29, 1.82) is 0 Å². The van der Waals surface area contributed by atoms with Gasteiger partial charge in [-0.05, 0) is 47.8 Å². The number of hydrogen-bond acceptors (Lipinski definition) is 1. The van der Waals surface area contributed by atoms with E-state index in [4.69, 9.17) is 0 Å². The average molecular weight is 286 g/mol. The fraction of sp³-hybridized carbons (Fsp3) is 0.625. The molecule has 2 rings (SSSR count). The van der Waals surface area contributed by atoms with Crippen molar-refractivity contribution in [3.05, 3.63) is 29.8 Å². The molecule has 1 aliphatic rings. The molecule has 1 unspecified atom stereocenters. The van der Waals surface area contributed by atoms with E-state index >= 15 is 0 Å². The van der Waals surface area contributed by atoms with Crippen LogP contribution >= 0.6 is 0 Å². The van der Waals surface area contributed by atoms with E-state index in [9.17, 15) is 13.2 Å². The minimum Gasteiger partial charge on any atom is -0.406 e. The van der Waals surface area contributed by atoms with Crippen LogP contribution < -0.4 is 4.74 Å². The molecule has 1 atom stereocenters. The molecule has 0 N–H and O–H groups in total. The van der Waals surface area contributed by atoms with Crippen molar-refractivity contribution in [2.45, 2.75) is 58.2 Å². The third-order valence-corrected chi connectivity index (χ3v) is 4.24. The molecule has 1 nitrogen and oxygen atoms in total. The number of ether oxygens (including phenoxy) is 1. The van der Waals surface area contributed by atoms with Crippen molar-refractivity contribution in [3.63, 3.8) is 0 Å². The first-order chi connectivity index (χ1) is 9.10. The zero-order valence-corrected chi connectivity index (χ0v) is 12.2. The summed E-state index contributed by atoms with van der Waals surface area (Å²) in [6.45, 7) is 6.71. The van der Waals surface area contributed by atoms with Gasteiger partial charge < -0.3 is 4.74 Å². The molecule has 1 aromatic carbocycles. The Bertz CT molecular complexity index is 462. The number of benzene rings is 1. The Hall–Kier alpha value is -1.19. The van der Waals surface area contributed by atoms with Gasteiger partial charge in [0.25, 0.3) is 0 Å². The van der Waals surface area contributed by atoms with Gasteiger partial charge in [-0.2, -0.15) is 0 Å². The number of halogens is 3. The lowest BCUT2D eigenvalue weighted by Gasteiger charge is -2.43. The monoisotopic (exact) mass is 286 g/mol. The molecule has 1 aliphatic carbocycles. The summed E-state index contributed by atoms with van der Waals surface area (Å²) >= 11 is 0. The highest BCUT2D eigenvalue weighted by Crippen LogP contribution is 2.47. The van der Waals surface area contributed by atoms with E-state index in [0.717, 1.165) is 24.8 Å². The van der Waals surface area contributed by atoms with Gasteiger partial charge in [-0.1, -0.05) is 39.3 Å². The van der Waals surface area contributed by atoms with Gasteiger partial charge in [0.2, 0.25) is 0 Å². The average Bonchev–Trinajstić information content (AvgIpc) is 2.25. The van der Waals surface area contributed by atoms with Crippen LogP contribution in [0.5, 0.6) is 5.75 Å². The quantitative estimate of drug-likeness (QED) is 0.703. The topological polar surface area (TPSA) is 9.23 Å². The molecule has 4 heteroatoms. The van der Waals surface area contributed by atoms with Gasteiger partial charge in [-0.25, -0.2) is 0 Å². The second kappa shape index (κ2) is 4.97. The Morgan fingerprint density at radius 1 is 1.00 bits per heavy atom. The Morgan fingerprint density at radius 2 is 1.60 bits per heavy atom. The van der Waals surface area contributed by atoms with E-state index in [1.807, 2.05) is 0 Å². The maximum Gasteiger partial charge on any atom is 0.573 e. The van der Waals surface area contributed by atoms with Crippen molar-refractivity contribution in [2.24, 2.45) is 5.41 Å². The summed E-state index contributed by atoms with van der Waals surface area (Å²) in [5, 5.41) is 0. The molecule has 0 radical (unpaired) electrons. The molecular formula is C16H21F3O. The maximum atomic E-state index is 12.2. The van der Waals surface area contributed by atoms with Crippen molar-refractivity contribution in [3.8, 4) is 5.75 Å². The Labute approximate surface area is 118 Å². The second-order valence-corrected chi connectivity index (χ2v) is 6.83. The largest absolute Gasteiger partial charge is 0.573 e. The predicted molar refractivity (Wildman–Crippen MR) is 72.7 cm³/mol. The molecule has 112 valence electrons. The third-order valence-electron chi connectivity index (χ3n) is 4.24. The van der Waals surface area contributed by atoms with Crippen molar-refractivity contribution in [2.75, 3.05) is 0 Å². The summed E-state index contributed by atoms with van der Waals surface area (Å²) in [5.41, 5.74) is 1.42. The van der Waals surface area contributed by atoms with Gasteiger partial charge in [-0.3, -0.25) is 0 Å². The predicted octanol–water partition coefficient (Wildman–Crippen LogP) is 5.44. The summed E-state index contributed by atoms with van der Waals surface area (Å²) in [5.74, 6) is -0.153. The first kappa shape index (κ1) is 15.2. The van der Waals surface area contributed by atoms with Crippen LogP contribution in [0.15, 0.2) is 24.3 Å². The lowest BCUT2D eigenvalue weighted by Crippen LogP contribution is -2.34. The molecule has 1 saturated carbocycles. The van der Waals surface area contributed by atoms with E-state index in [1.165, 1.54) is 18.6 Å². The van der Waals surface area contributed by atoms with Gasteiger partial charge >= 0.3 is 6.36 Å². The van der Waals surface area contributed by atoms with E-state index in [-0.39, 0.29) is 16.6 Å². The summed E-state index contributed by atoms with van der Waals surface area (Å²) < 4.78 is 40.4. The van der Waals surface area contributed by atoms with E-state index in [1.54, 1.807) is 12.1 Å². The van der Waals surface area contributed by atoms with Gasteiger partial charge in [0.05, 0.1) is 0 Å². The van der Waals surface area contributed by atoms with E-state index < -0.39 is 6.36 Å². The van der Waals surface area contributed by atoms with E-state index in [2.05, 4.69) is 25.5 Å². The molecule has 0 bridgehead atoms. The van der Waals surface area contributed by atoms with Crippen LogP contribution in [0.4, 0.5) is 13.2 Å². The molecule has 0 amide bonds. The molecule has 20 heavy (non-hydrogen) atoms. The first-order valence-electron chi connectivity index (χ1n) is 6.96. The van der Waals surface area contributed by atoms with Crippen LogP contribution in [-0.4, -0.2) is 6.36 Å². The SMILES string of the molecule is CC1(C)CCCC(C)(c2ccc(OC(F)(F)F)cc2)C1. The van der Waals surface area contributed by atoms with Crippen LogP contribution in [0.1, 0.15) is 52.0 Å². The highest BCUT2D eigenvalue weighted by atomic mass is 19.4. The highest BCUT2D eigenvalue weighted by molar-refractivity contribution is 5.32. The Morgan fingerprint density at radius 3 is 2.10 bits per heavy atom. The van der Waals surface area contributed by atoms with Crippen LogP contribution in [-0.2, 0) is 5.41 Å². The Balaban J connectivity index is 2.17. The molecule has 1 aromatic rings. The summed E-state index contributed by atoms with van der Waals surface area (Å²) in [7, 11) is 0. The van der Waals surface area contributed by atoms with Crippen LogP contribution in [0.2, 0.25) is 0 Å². The number of hydrogen-bond donors (Lipinski definition) is 0. The fourth-order valence-electron chi connectivity index (χ4n) is 3.50. The van der Waals surface area contributed by atoms with Crippen molar-refractivity contribution in [1.82, 2.24) is 0 Å². The highest BCUT2D eigenvalue weighted by Gasteiger charge is 2.37. The smallest absolute Gasteiger partial charge is 0.406 e. The molecule has 0 aromatic heterocycles. The molecular weight excluding hydrogens is 265 g/mol. The number of alkyl halides is 3. The van der Waals surface area contributed by atoms with Gasteiger partial charge in [0, 0.05) is 0 Å². The Kier molecular flexibility index (Phi) is 3.78. The van der Waals surface area contributed by atoms with E-state index in [0.29, 0.717) is 0 Å². The van der Waals surface area contributed by atoms with Crippen LogP contribution in [0.3, 0.4) is 0 Å². The second-order valence-electron chi connectivity index (χ2n) is 6.83. The van der Waals surface area contributed by atoms with Gasteiger partial charge in [0.15, 0.2) is 0 Å². The van der Waals surface area contributed by atoms with Gasteiger partial charge in [-0.15, -0.1) is 13.2 Å². The normalized spacial score (nSPS) is 26.3. The minimum absolute atomic E-state index is 0.0402. The standard InChI is InChI=1S/C16H21F3O/c1-14(2)9-4-10-15(3,11-14)12-5-7-13(8-6-12)20-16(17,18)19/h5-8H,4,9-11H2,1-3H3. The van der Waals surface area contributed by atoms with Crippen LogP contribution in [0.25, 0.3) is 0 Å². The molecule has 0 spiro atoms. The molecule has 0 heterocycles. The molecule has 0 aliphatic heterocycles. The zero-order valence-electron chi connectivity index (χ0n) is 12.2. The molecule has 1 fully saturated rings. The fourth-order valence-corrected chi connectivity index (χ4v) is 3.50. The lowest BCUT2D eigenvalue weighted by atomic mass is 9.62. The van der Waals surface area contributed by atoms with Crippen molar-refractivity contribution < 1.29 is 17.9 Å². The van der Waals surface area contributed by atoms with Gasteiger partial charge in [0.1, 0.15) is 5.75 Å². The first-order valence-corrected chi connectivity index (χ1v) is 6.96. The summed E-state index contributed by atoms with van der Waals surface area (Å²) in [6, 6.07) is 6.36. The minimum atomic E-state index is -4.63. The number of rotatable bonds is 2. The van der Waals surface area contributed by atoms with Crippen molar-refractivity contribution >= 4 is 0 Å².